The van der Waals surface area contributed by atoms with E-state index in [1.807, 2.05) is 41.3 Å². The molecule has 7 nitrogen and oxygen atoms in total. The molecule has 1 aliphatic rings. The summed E-state index contributed by atoms with van der Waals surface area (Å²) < 4.78 is 0. The second-order valence-corrected chi connectivity index (χ2v) is 7.57. The molecule has 0 aliphatic carbocycles. The quantitative estimate of drug-likeness (QED) is 0.450. The molecule has 7 heteroatoms. The molecule has 2 aromatic rings. The van der Waals surface area contributed by atoms with Gasteiger partial charge in [-0.05, 0) is 41.7 Å². The van der Waals surface area contributed by atoms with Gasteiger partial charge in [-0.3, -0.25) is 14.6 Å². The molecule has 1 aliphatic heterocycles. The van der Waals surface area contributed by atoms with Crippen molar-refractivity contribution < 1.29 is 9.59 Å². The van der Waals surface area contributed by atoms with Crippen LogP contribution in [-0.2, 0) is 24.3 Å². The van der Waals surface area contributed by atoms with Crippen LogP contribution in [0.4, 0.5) is 0 Å². The molecule has 0 aromatic heterocycles. The number of hydrogen-bond acceptors (Lipinski definition) is 3. The lowest BCUT2D eigenvalue weighted by molar-refractivity contribution is -0.128. The Balaban J connectivity index is 1.51. The third-order valence-electron chi connectivity index (χ3n) is 5.44. The van der Waals surface area contributed by atoms with Gasteiger partial charge in [-0.2, -0.15) is 0 Å². The van der Waals surface area contributed by atoms with E-state index in [0.29, 0.717) is 31.6 Å². The van der Waals surface area contributed by atoms with Gasteiger partial charge >= 0.3 is 0 Å². The van der Waals surface area contributed by atoms with Crippen LogP contribution in [0.25, 0.3) is 0 Å². The van der Waals surface area contributed by atoms with E-state index in [4.69, 9.17) is 0 Å². The molecule has 0 bridgehead atoms. The maximum atomic E-state index is 12.0. The van der Waals surface area contributed by atoms with Crippen LogP contribution >= 0.6 is 0 Å². The van der Waals surface area contributed by atoms with E-state index in [0.717, 1.165) is 42.0 Å². The van der Waals surface area contributed by atoms with Crippen LogP contribution in [0.5, 0.6) is 0 Å². The van der Waals surface area contributed by atoms with Crippen LogP contribution in [0.3, 0.4) is 0 Å². The van der Waals surface area contributed by atoms with Crippen molar-refractivity contribution in [1.82, 2.24) is 20.9 Å². The Morgan fingerprint density at radius 1 is 1.10 bits per heavy atom. The average Bonchev–Trinajstić information content (AvgIpc) is 3.21. The molecule has 31 heavy (non-hydrogen) atoms. The van der Waals surface area contributed by atoms with Gasteiger partial charge in [0.15, 0.2) is 5.96 Å². The third-order valence-corrected chi connectivity index (χ3v) is 5.44. The SMILES string of the molecule is CN=C(NCCc1cccc(C(=O)NC)c1)NCc1ccccc1CN1CCCC1=O. The zero-order valence-electron chi connectivity index (χ0n) is 18.3. The summed E-state index contributed by atoms with van der Waals surface area (Å²) in [6, 6.07) is 15.8. The number of rotatable bonds is 8. The molecule has 0 unspecified atom stereocenters. The number of likely N-dealkylation sites (tertiary alicyclic amines) is 1. The van der Waals surface area contributed by atoms with Gasteiger partial charge < -0.3 is 20.9 Å². The first kappa shape index (κ1) is 22.3. The van der Waals surface area contributed by atoms with Crippen molar-refractivity contribution in [1.29, 1.82) is 0 Å². The Kier molecular flexibility index (Phi) is 8.04. The molecular weight excluding hydrogens is 390 g/mol. The van der Waals surface area contributed by atoms with E-state index < -0.39 is 0 Å². The van der Waals surface area contributed by atoms with Crippen LogP contribution in [0, 0.1) is 0 Å². The van der Waals surface area contributed by atoms with E-state index in [-0.39, 0.29) is 11.8 Å². The fourth-order valence-electron chi connectivity index (χ4n) is 3.70. The molecule has 2 aromatic carbocycles. The van der Waals surface area contributed by atoms with Crippen molar-refractivity contribution >= 4 is 17.8 Å². The highest BCUT2D eigenvalue weighted by Crippen LogP contribution is 2.17. The Morgan fingerprint density at radius 3 is 2.61 bits per heavy atom. The fraction of sp³-hybridized carbons (Fsp3) is 0.375. The fourth-order valence-corrected chi connectivity index (χ4v) is 3.70. The molecule has 0 saturated carbocycles. The van der Waals surface area contributed by atoms with Crippen molar-refractivity contribution in [3.63, 3.8) is 0 Å². The summed E-state index contributed by atoms with van der Waals surface area (Å²) in [5.74, 6) is 0.872. The van der Waals surface area contributed by atoms with Gasteiger partial charge in [0.1, 0.15) is 0 Å². The lowest BCUT2D eigenvalue weighted by atomic mass is 10.1. The lowest BCUT2D eigenvalue weighted by Gasteiger charge is -2.19. The summed E-state index contributed by atoms with van der Waals surface area (Å²) in [4.78, 5) is 30.0. The number of carbonyl (C=O) groups is 2. The summed E-state index contributed by atoms with van der Waals surface area (Å²) in [5.41, 5.74) is 4.07. The van der Waals surface area contributed by atoms with Crippen LogP contribution in [0.2, 0.25) is 0 Å². The smallest absolute Gasteiger partial charge is 0.251 e. The van der Waals surface area contributed by atoms with E-state index in [9.17, 15) is 9.59 Å². The predicted octanol–water partition coefficient (Wildman–Crippen LogP) is 2.08. The minimum Gasteiger partial charge on any atom is -0.356 e. The predicted molar refractivity (Wildman–Crippen MR) is 123 cm³/mol. The highest BCUT2D eigenvalue weighted by Gasteiger charge is 2.20. The number of hydrogen-bond donors (Lipinski definition) is 3. The molecule has 3 rings (SSSR count). The van der Waals surface area contributed by atoms with Gasteiger partial charge in [-0.25, -0.2) is 0 Å². The summed E-state index contributed by atoms with van der Waals surface area (Å²) in [6.07, 6.45) is 2.38. The number of nitrogens with one attached hydrogen (secondary N) is 3. The zero-order valence-corrected chi connectivity index (χ0v) is 18.3. The highest BCUT2D eigenvalue weighted by molar-refractivity contribution is 5.94. The molecule has 1 fully saturated rings. The molecule has 0 radical (unpaired) electrons. The summed E-state index contributed by atoms with van der Waals surface area (Å²) in [5, 5.41) is 9.33. The van der Waals surface area contributed by atoms with Gasteiger partial charge in [-0.15, -0.1) is 0 Å². The third kappa shape index (κ3) is 6.31. The van der Waals surface area contributed by atoms with Crippen molar-refractivity contribution in [3.8, 4) is 0 Å². The minimum absolute atomic E-state index is 0.0819. The molecule has 3 N–H and O–H groups in total. The Hall–Kier alpha value is -3.35. The van der Waals surface area contributed by atoms with E-state index in [2.05, 4.69) is 33.1 Å². The van der Waals surface area contributed by atoms with Crippen molar-refractivity contribution in [2.24, 2.45) is 4.99 Å². The number of carbonyl (C=O) groups excluding carboxylic acids is 2. The lowest BCUT2D eigenvalue weighted by Crippen LogP contribution is -2.38. The zero-order chi connectivity index (χ0) is 22.1. The van der Waals surface area contributed by atoms with Crippen LogP contribution in [-0.4, -0.2) is 49.9 Å². The second-order valence-electron chi connectivity index (χ2n) is 7.57. The summed E-state index contributed by atoms with van der Waals surface area (Å²) >= 11 is 0. The number of guanidine groups is 1. The first-order chi connectivity index (χ1) is 15.1. The molecule has 164 valence electrons. The average molecular weight is 422 g/mol. The van der Waals surface area contributed by atoms with Gasteiger partial charge in [0.05, 0.1) is 0 Å². The molecule has 0 atom stereocenters. The standard InChI is InChI=1S/C24H31N5O2/c1-25-23(31)19-10-5-7-18(15-19)12-13-27-24(26-2)28-16-20-8-3-4-9-21(20)17-29-14-6-11-22(29)30/h3-5,7-10,15H,6,11-14,16-17H2,1-2H3,(H,25,31)(H2,26,27,28). The van der Waals surface area contributed by atoms with Crippen molar-refractivity contribution in [3.05, 3.63) is 70.8 Å². The first-order valence-corrected chi connectivity index (χ1v) is 10.7. The van der Waals surface area contributed by atoms with Gasteiger partial charge in [0.2, 0.25) is 5.91 Å². The molecule has 0 spiro atoms. The number of benzene rings is 2. The summed E-state index contributed by atoms with van der Waals surface area (Å²) in [7, 11) is 3.38. The largest absolute Gasteiger partial charge is 0.356 e. The van der Waals surface area contributed by atoms with Crippen LogP contribution in [0.15, 0.2) is 53.5 Å². The Bertz CT molecular complexity index is 941. The van der Waals surface area contributed by atoms with Gasteiger partial charge in [-0.1, -0.05) is 36.4 Å². The molecule has 2 amide bonds. The summed E-state index contributed by atoms with van der Waals surface area (Å²) in [6.45, 7) is 2.82. The van der Waals surface area contributed by atoms with E-state index in [1.165, 1.54) is 0 Å². The van der Waals surface area contributed by atoms with Crippen molar-refractivity contribution in [2.75, 3.05) is 27.2 Å². The molecular formula is C24H31N5O2. The second kappa shape index (κ2) is 11.2. The topological polar surface area (TPSA) is 85.8 Å². The van der Waals surface area contributed by atoms with Gasteiger partial charge in [0.25, 0.3) is 5.91 Å². The molecule has 1 heterocycles. The highest BCUT2D eigenvalue weighted by atomic mass is 16.2. The first-order valence-electron chi connectivity index (χ1n) is 10.7. The maximum Gasteiger partial charge on any atom is 0.251 e. The normalized spacial score (nSPS) is 13.9. The van der Waals surface area contributed by atoms with Crippen LogP contribution in [0.1, 0.15) is 39.9 Å². The number of nitrogens with zero attached hydrogens (tertiary/aromatic N) is 2. The van der Waals surface area contributed by atoms with Crippen LogP contribution < -0.4 is 16.0 Å². The Labute approximate surface area is 183 Å². The Morgan fingerprint density at radius 2 is 1.90 bits per heavy atom. The minimum atomic E-state index is -0.0819. The van der Waals surface area contributed by atoms with E-state index in [1.54, 1.807) is 14.1 Å². The number of amides is 2. The van der Waals surface area contributed by atoms with Gasteiger partial charge in [0, 0.05) is 52.3 Å². The van der Waals surface area contributed by atoms with E-state index >= 15 is 0 Å². The van der Waals surface area contributed by atoms with Crippen molar-refractivity contribution in [2.45, 2.75) is 32.4 Å². The number of aliphatic imine (C=N–C) groups is 1. The molecule has 1 saturated heterocycles. The maximum absolute atomic E-state index is 12.0. The monoisotopic (exact) mass is 421 g/mol.